The minimum atomic E-state index is -4.23. The van der Waals surface area contributed by atoms with Gasteiger partial charge in [0.15, 0.2) is 0 Å². The lowest BCUT2D eigenvalue weighted by Crippen LogP contribution is -2.37. The molecule has 1 fully saturated rings. The summed E-state index contributed by atoms with van der Waals surface area (Å²) < 4.78 is 35.9. The molecule has 0 aromatic rings. The van der Waals surface area contributed by atoms with Crippen LogP contribution in [0.15, 0.2) is 0 Å². The van der Waals surface area contributed by atoms with Crippen LogP contribution in [-0.4, -0.2) is 18.8 Å². The van der Waals surface area contributed by atoms with Crippen LogP contribution in [-0.2, 0) is 0 Å². The number of hydrogen-bond donors (Lipinski definition) is 1. The van der Waals surface area contributed by atoms with E-state index < -0.39 is 18.8 Å². The molecule has 1 N–H and O–H groups in total. The molecule has 0 aromatic heterocycles. The highest BCUT2D eigenvalue weighted by molar-refractivity contribution is 4.92. The van der Waals surface area contributed by atoms with Crippen molar-refractivity contribution in [3.8, 4) is 6.07 Å². The molecular formula is C11H17F3N2. The molecule has 0 heterocycles. The average molecular weight is 234 g/mol. The number of nitrogens with one attached hydrogen (secondary N) is 1. The van der Waals surface area contributed by atoms with Gasteiger partial charge in [-0.3, -0.25) is 5.32 Å². The number of rotatable bonds is 4. The van der Waals surface area contributed by atoms with Crippen LogP contribution in [0.2, 0.25) is 0 Å². The van der Waals surface area contributed by atoms with Crippen LogP contribution in [0.1, 0.15) is 38.5 Å². The lowest BCUT2D eigenvalue weighted by atomic mass is 9.85. The summed E-state index contributed by atoms with van der Waals surface area (Å²) in [5, 5.41) is 11.0. The van der Waals surface area contributed by atoms with Gasteiger partial charge in [0, 0.05) is 0 Å². The fourth-order valence-corrected chi connectivity index (χ4v) is 2.18. The molecule has 2 nitrogen and oxygen atoms in total. The molecule has 1 aliphatic carbocycles. The summed E-state index contributed by atoms with van der Waals surface area (Å²) in [7, 11) is 0. The first-order valence-electron chi connectivity index (χ1n) is 5.71. The summed E-state index contributed by atoms with van der Waals surface area (Å²) >= 11 is 0. The summed E-state index contributed by atoms with van der Waals surface area (Å²) in [6, 6.07) is 1.25. The Bertz CT molecular complexity index is 239. The minimum absolute atomic E-state index is 0.416. The molecule has 1 unspecified atom stereocenters. The second-order valence-corrected chi connectivity index (χ2v) is 4.42. The van der Waals surface area contributed by atoms with Gasteiger partial charge >= 0.3 is 6.18 Å². The third-order valence-electron chi connectivity index (χ3n) is 3.00. The van der Waals surface area contributed by atoms with Crippen molar-refractivity contribution < 1.29 is 13.2 Å². The zero-order valence-electron chi connectivity index (χ0n) is 9.19. The normalized spacial score (nSPS) is 20.4. The van der Waals surface area contributed by atoms with E-state index in [9.17, 15) is 13.2 Å². The lowest BCUT2D eigenvalue weighted by molar-refractivity contribution is -0.125. The second-order valence-electron chi connectivity index (χ2n) is 4.42. The maximum absolute atomic E-state index is 12.0. The highest BCUT2D eigenvalue weighted by atomic mass is 19.4. The Morgan fingerprint density at radius 1 is 1.25 bits per heavy atom. The van der Waals surface area contributed by atoms with Crippen LogP contribution in [0.4, 0.5) is 13.2 Å². The SMILES string of the molecule is N#CC(CC1CCCCC1)NCC(F)(F)F. The fourth-order valence-electron chi connectivity index (χ4n) is 2.18. The van der Waals surface area contributed by atoms with Crippen LogP contribution >= 0.6 is 0 Å². The molecule has 0 aliphatic heterocycles. The lowest BCUT2D eigenvalue weighted by Gasteiger charge is -2.24. The molecule has 0 aromatic carbocycles. The van der Waals surface area contributed by atoms with Gasteiger partial charge in [-0.05, 0) is 12.3 Å². The van der Waals surface area contributed by atoms with E-state index >= 15 is 0 Å². The molecule has 0 radical (unpaired) electrons. The first kappa shape index (κ1) is 13.3. The van der Waals surface area contributed by atoms with Gasteiger partial charge in [-0.2, -0.15) is 18.4 Å². The van der Waals surface area contributed by atoms with E-state index in [4.69, 9.17) is 5.26 Å². The number of hydrogen-bond acceptors (Lipinski definition) is 2. The zero-order valence-corrected chi connectivity index (χ0v) is 9.19. The molecule has 0 spiro atoms. The minimum Gasteiger partial charge on any atom is -0.294 e. The van der Waals surface area contributed by atoms with Gasteiger partial charge in [0.1, 0.15) is 0 Å². The van der Waals surface area contributed by atoms with E-state index in [0.717, 1.165) is 25.7 Å². The standard InChI is InChI=1S/C11H17F3N2/c12-11(13,14)8-16-10(7-15)6-9-4-2-1-3-5-9/h9-10,16H,1-6,8H2. The Balaban J connectivity index is 2.28. The summed E-state index contributed by atoms with van der Waals surface area (Å²) in [4.78, 5) is 0. The summed E-state index contributed by atoms with van der Waals surface area (Å²) in [6.07, 6.45) is 1.90. The van der Waals surface area contributed by atoms with Crippen LogP contribution < -0.4 is 5.32 Å². The van der Waals surface area contributed by atoms with Gasteiger partial charge in [-0.1, -0.05) is 32.1 Å². The van der Waals surface area contributed by atoms with E-state index in [-0.39, 0.29) is 0 Å². The van der Waals surface area contributed by atoms with Gasteiger partial charge in [0.2, 0.25) is 0 Å². The quantitative estimate of drug-likeness (QED) is 0.811. The Labute approximate surface area is 93.8 Å². The van der Waals surface area contributed by atoms with Crippen LogP contribution in [0.5, 0.6) is 0 Å². The molecule has 1 saturated carbocycles. The average Bonchev–Trinajstić information content (AvgIpc) is 2.24. The molecule has 0 bridgehead atoms. The molecule has 0 saturated heterocycles. The van der Waals surface area contributed by atoms with Crippen molar-refractivity contribution in [2.24, 2.45) is 5.92 Å². The molecule has 92 valence electrons. The third kappa shape index (κ3) is 5.36. The van der Waals surface area contributed by atoms with E-state index in [1.54, 1.807) is 0 Å². The van der Waals surface area contributed by atoms with Crippen molar-refractivity contribution in [3.05, 3.63) is 0 Å². The number of nitriles is 1. The molecule has 1 atom stereocenters. The van der Waals surface area contributed by atoms with Gasteiger partial charge < -0.3 is 0 Å². The van der Waals surface area contributed by atoms with Crippen molar-refractivity contribution in [1.29, 1.82) is 5.26 Å². The molecule has 1 aliphatic rings. The zero-order chi connectivity index (χ0) is 12.0. The van der Waals surface area contributed by atoms with Crippen molar-refractivity contribution in [3.63, 3.8) is 0 Å². The van der Waals surface area contributed by atoms with Gasteiger partial charge in [0.05, 0.1) is 18.7 Å². The van der Waals surface area contributed by atoms with Crippen molar-refractivity contribution in [2.75, 3.05) is 6.54 Å². The highest BCUT2D eigenvalue weighted by Gasteiger charge is 2.28. The summed E-state index contributed by atoms with van der Waals surface area (Å²) in [5.41, 5.74) is 0. The van der Waals surface area contributed by atoms with Crippen molar-refractivity contribution in [1.82, 2.24) is 5.32 Å². The van der Waals surface area contributed by atoms with Gasteiger partial charge in [-0.25, -0.2) is 0 Å². The fraction of sp³-hybridized carbons (Fsp3) is 0.909. The molecule has 5 heteroatoms. The highest BCUT2D eigenvalue weighted by Crippen LogP contribution is 2.27. The predicted octanol–water partition coefficient (Wildman–Crippen LogP) is 3.00. The predicted molar refractivity (Wildman–Crippen MR) is 54.7 cm³/mol. The first-order chi connectivity index (χ1) is 7.51. The largest absolute Gasteiger partial charge is 0.401 e. The Hall–Kier alpha value is -0.760. The van der Waals surface area contributed by atoms with Gasteiger partial charge in [-0.15, -0.1) is 0 Å². The van der Waals surface area contributed by atoms with E-state index in [1.165, 1.54) is 6.42 Å². The summed E-state index contributed by atoms with van der Waals surface area (Å²) in [6.45, 7) is -1.07. The van der Waals surface area contributed by atoms with Gasteiger partial charge in [0.25, 0.3) is 0 Å². The topological polar surface area (TPSA) is 35.8 Å². The number of nitrogens with zero attached hydrogens (tertiary/aromatic N) is 1. The van der Waals surface area contributed by atoms with E-state index in [2.05, 4.69) is 5.32 Å². The Morgan fingerprint density at radius 2 is 1.88 bits per heavy atom. The maximum Gasteiger partial charge on any atom is 0.401 e. The first-order valence-corrected chi connectivity index (χ1v) is 5.71. The maximum atomic E-state index is 12.0. The smallest absolute Gasteiger partial charge is 0.294 e. The molecule has 0 amide bonds. The van der Waals surface area contributed by atoms with Crippen LogP contribution in [0.25, 0.3) is 0 Å². The molecule has 16 heavy (non-hydrogen) atoms. The molecule has 1 rings (SSSR count). The Kier molecular flexibility index (Phi) is 5.07. The third-order valence-corrected chi connectivity index (χ3v) is 3.00. The monoisotopic (exact) mass is 234 g/mol. The van der Waals surface area contributed by atoms with E-state index in [0.29, 0.717) is 12.3 Å². The van der Waals surface area contributed by atoms with E-state index in [1.807, 2.05) is 6.07 Å². The summed E-state index contributed by atoms with van der Waals surface area (Å²) in [5.74, 6) is 0.416. The second kappa shape index (κ2) is 6.09. The van der Waals surface area contributed by atoms with Crippen LogP contribution in [0, 0.1) is 17.2 Å². The number of alkyl halides is 3. The van der Waals surface area contributed by atoms with Crippen LogP contribution in [0.3, 0.4) is 0 Å². The van der Waals surface area contributed by atoms with Crippen molar-refractivity contribution in [2.45, 2.75) is 50.7 Å². The Morgan fingerprint density at radius 3 is 2.38 bits per heavy atom. The number of halogens is 3. The molecular weight excluding hydrogens is 217 g/mol. The van der Waals surface area contributed by atoms with Crippen molar-refractivity contribution >= 4 is 0 Å².